The maximum atomic E-state index is 12.3. The summed E-state index contributed by atoms with van der Waals surface area (Å²) in [5.41, 5.74) is 1.39. The minimum Gasteiger partial charge on any atom is -0.356 e. The second-order valence-electron chi connectivity index (χ2n) is 5.09. The summed E-state index contributed by atoms with van der Waals surface area (Å²) in [6, 6.07) is 9.81. The number of carbonyl (C=O) groups excluding carboxylic acids is 1. The monoisotopic (exact) mass is 269 g/mol. The molecule has 2 aromatic rings. The van der Waals surface area contributed by atoms with Gasteiger partial charge in [0.05, 0.1) is 12.5 Å². The number of fused-ring (bicyclic) bond motifs is 1. The molecule has 1 aliphatic rings. The summed E-state index contributed by atoms with van der Waals surface area (Å²) in [5.74, 6) is 0.146. The molecule has 2 heterocycles. The highest BCUT2D eigenvalue weighted by molar-refractivity contribution is 5.86. The van der Waals surface area contributed by atoms with Crippen molar-refractivity contribution in [1.29, 1.82) is 5.26 Å². The van der Waals surface area contributed by atoms with E-state index in [1.54, 1.807) is 0 Å². The van der Waals surface area contributed by atoms with Crippen molar-refractivity contribution in [2.45, 2.75) is 19.3 Å². The fourth-order valence-electron chi connectivity index (χ4n) is 2.58. The molecule has 0 aliphatic carbocycles. The molecule has 1 aliphatic heterocycles. The molecule has 0 atom stereocenters. The van der Waals surface area contributed by atoms with Crippen molar-refractivity contribution in [3.8, 4) is 6.07 Å². The van der Waals surface area contributed by atoms with Gasteiger partial charge in [-0.1, -0.05) is 17.3 Å². The summed E-state index contributed by atoms with van der Waals surface area (Å²) in [4.78, 5) is 14.1. The molecule has 0 radical (unpaired) electrons. The lowest BCUT2D eigenvalue weighted by atomic mass is 9.98. The Bertz CT molecular complexity index is 663. The Kier molecular flexibility index (Phi) is 3.38. The van der Waals surface area contributed by atoms with Gasteiger partial charge in [-0.2, -0.15) is 5.26 Å². The first kappa shape index (κ1) is 12.7. The highest BCUT2D eigenvalue weighted by Gasteiger charge is 2.23. The first-order valence-electron chi connectivity index (χ1n) is 6.78. The number of para-hydroxylation sites is 1. The van der Waals surface area contributed by atoms with Gasteiger partial charge in [-0.05, 0) is 25.0 Å². The molecule has 1 aromatic carbocycles. The molecule has 1 saturated heterocycles. The summed E-state index contributed by atoms with van der Waals surface area (Å²) >= 11 is 0. The molecular weight excluding hydrogens is 254 g/mol. The number of hydrogen-bond acceptors (Lipinski definition) is 4. The van der Waals surface area contributed by atoms with E-state index in [0.717, 1.165) is 18.2 Å². The number of nitrogens with zero attached hydrogens (tertiary/aromatic N) is 3. The van der Waals surface area contributed by atoms with Crippen LogP contribution in [0.25, 0.3) is 11.0 Å². The summed E-state index contributed by atoms with van der Waals surface area (Å²) in [6.07, 6.45) is 1.79. The van der Waals surface area contributed by atoms with Gasteiger partial charge in [-0.3, -0.25) is 4.79 Å². The molecule has 0 saturated carbocycles. The number of nitriles is 1. The molecule has 0 spiro atoms. The van der Waals surface area contributed by atoms with Gasteiger partial charge in [0.15, 0.2) is 5.58 Å². The zero-order valence-electron chi connectivity index (χ0n) is 11.1. The normalized spacial score (nSPS) is 16.2. The van der Waals surface area contributed by atoms with Crippen molar-refractivity contribution < 1.29 is 9.32 Å². The van der Waals surface area contributed by atoms with E-state index in [0.29, 0.717) is 24.4 Å². The summed E-state index contributed by atoms with van der Waals surface area (Å²) in [6.45, 7) is 1.32. The predicted molar refractivity (Wildman–Crippen MR) is 72.6 cm³/mol. The van der Waals surface area contributed by atoms with Crippen molar-refractivity contribution >= 4 is 16.9 Å². The molecule has 0 bridgehead atoms. The third kappa shape index (κ3) is 2.37. The zero-order chi connectivity index (χ0) is 13.9. The van der Waals surface area contributed by atoms with E-state index in [1.165, 1.54) is 0 Å². The van der Waals surface area contributed by atoms with Crippen molar-refractivity contribution in [1.82, 2.24) is 10.1 Å². The van der Waals surface area contributed by atoms with E-state index in [4.69, 9.17) is 9.78 Å². The Morgan fingerprint density at radius 1 is 1.40 bits per heavy atom. The van der Waals surface area contributed by atoms with Gasteiger partial charge in [-0.15, -0.1) is 0 Å². The van der Waals surface area contributed by atoms with E-state index in [2.05, 4.69) is 11.2 Å². The number of likely N-dealkylation sites (tertiary alicyclic amines) is 1. The lowest BCUT2D eigenvalue weighted by molar-refractivity contribution is -0.131. The summed E-state index contributed by atoms with van der Waals surface area (Å²) < 4.78 is 5.21. The molecule has 3 rings (SSSR count). The summed E-state index contributed by atoms with van der Waals surface area (Å²) in [7, 11) is 0. The number of aromatic nitrogens is 1. The van der Waals surface area contributed by atoms with Gasteiger partial charge < -0.3 is 9.42 Å². The fraction of sp³-hybridized carbons (Fsp3) is 0.400. The Morgan fingerprint density at radius 2 is 2.15 bits per heavy atom. The third-order valence-corrected chi connectivity index (χ3v) is 3.80. The number of hydrogen-bond donors (Lipinski definition) is 0. The van der Waals surface area contributed by atoms with Gasteiger partial charge in [0.25, 0.3) is 0 Å². The second kappa shape index (κ2) is 5.33. The molecule has 0 N–H and O–H groups in total. The van der Waals surface area contributed by atoms with Gasteiger partial charge in [0, 0.05) is 24.4 Å². The van der Waals surface area contributed by atoms with E-state index in [-0.39, 0.29) is 18.2 Å². The zero-order valence-corrected chi connectivity index (χ0v) is 11.1. The molecule has 1 aromatic heterocycles. The maximum absolute atomic E-state index is 12.3. The van der Waals surface area contributed by atoms with Crippen LogP contribution in [0, 0.1) is 17.2 Å². The molecular formula is C15H15N3O2. The Morgan fingerprint density at radius 3 is 2.90 bits per heavy atom. The average molecular weight is 269 g/mol. The predicted octanol–water partition coefficient (Wildman–Crippen LogP) is 2.13. The van der Waals surface area contributed by atoms with Gasteiger partial charge >= 0.3 is 0 Å². The molecule has 1 fully saturated rings. The Labute approximate surface area is 116 Å². The van der Waals surface area contributed by atoms with E-state index >= 15 is 0 Å². The maximum Gasteiger partial charge on any atom is 0.228 e. The number of rotatable bonds is 2. The lowest BCUT2D eigenvalue weighted by Gasteiger charge is -2.28. The number of piperidine rings is 1. The molecule has 0 unspecified atom stereocenters. The first-order valence-corrected chi connectivity index (χ1v) is 6.78. The van der Waals surface area contributed by atoms with Crippen LogP contribution < -0.4 is 0 Å². The van der Waals surface area contributed by atoms with Crippen LogP contribution in [0.5, 0.6) is 0 Å². The van der Waals surface area contributed by atoms with Crippen LogP contribution in [0.1, 0.15) is 18.5 Å². The Hall–Kier alpha value is -2.35. The van der Waals surface area contributed by atoms with Crippen LogP contribution in [0.4, 0.5) is 0 Å². The molecule has 5 heteroatoms. The van der Waals surface area contributed by atoms with Crippen LogP contribution in [0.2, 0.25) is 0 Å². The van der Waals surface area contributed by atoms with Crippen molar-refractivity contribution in [3.05, 3.63) is 30.0 Å². The highest BCUT2D eigenvalue weighted by Crippen LogP contribution is 2.20. The van der Waals surface area contributed by atoms with Crippen molar-refractivity contribution in [3.63, 3.8) is 0 Å². The van der Waals surface area contributed by atoms with Crippen molar-refractivity contribution in [2.75, 3.05) is 13.1 Å². The smallest absolute Gasteiger partial charge is 0.228 e. The molecule has 102 valence electrons. The van der Waals surface area contributed by atoms with Crippen LogP contribution in [0.15, 0.2) is 28.8 Å². The quantitative estimate of drug-likeness (QED) is 0.837. The lowest BCUT2D eigenvalue weighted by Crippen LogP contribution is -2.39. The van der Waals surface area contributed by atoms with Gasteiger partial charge in [0.1, 0.15) is 5.69 Å². The van der Waals surface area contributed by atoms with E-state index in [1.807, 2.05) is 29.2 Å². The van der Waals surface area contributed by atoms with Crippen LogP contribution in [-0.2, 0) is 11.2 Å². The van der Waals surface area contributed by atoms with Crippen molar-refractivity contribution in [2.24, 2.45) is 5.92 Å². The average Bonchev–Trinajstić information content (AvgIpc) is 2.91. The first-order chi connectivity index (χ1) is 9.78. The van der Waals surface area contributed by atoms with Crippen LogP contribution in [0.3, 0.4) is 0 Å². The number of benzene rings is 1. The third-order valence-electron chi connectivity index (χ3n) is 3.80. The fourth-order valence-corrected chi connectivity index (χ4v) is 2.58. The largest absolute Gasteiger partial charge is 0.356 e. The van der Waals surface area contributed by atoms with Gasteiger partial charge in [-0.25, -0.2) is 0 Å². The topological polar surface area (TPSA) is 70.1 Å². The molecule has 1 amide bonds. The standard InChI is InChI=1S/C15H15N3O2/c16-10-11-5-7-18(8-6-11)15(19)9-13-12-3-1-2-4-14(12)20-17-13/h1-4,11H,5-9H2. The highest BCUT2D eigenvalue weighted by atomic mass is 16.5. The Balaban J connectivity index is 1.69. The van der Waals surface area contributed by atoms with E-state index < -0.39 is 0 Å². The SMILES string of the molecule is N#CC1CCN(C(=O)Cc2noc3ccccc23)CC1. The minimum absolute atomic E-state index is 0.0560. The second-order valence-corrected chi connectivity index (χ2v) is 5.09. The van der Waals surface area contributed by atoms with Gasteiger partial charge in [0.2, 0.25) is 5.91 Å². The van der Waals surface area contributed by atoms with Crippen LogP contribution in [-0.4, -0.2) is 29.1 Å². The summed E-state index contributed by atoms with van der Waals surface area (Å²) in [5, 5.41) is 13.7. The number of amides is 1. The van der Waals surface area contributed by atoms with E-state index in [9.17, 15) is 4.79 Å². The molecule has 5 nitrogen and oxygen atoms in total. The molecule has 20 heavy (non-hydrogen) atoms. The minimum atomic E-state index is 0.0560. The van der Waals surface area contributed by atoms with Crippen LogP contribution >= 0.6 is 0 Å². The number of carbonyl (C=O) groups is 1.